The van der Waals surface area contributed by atoms with Gasteiger partial charge in [-0.25, -0.2) is 4.79 Å². The molecule has 0 spiro atoms. The predicted octanol–water partition coefficient (Wildman–Crippen LogP) is 6.04. The van der Waals surface area contributed by atoms with Crippen molar-refractivity contribution in [3.8, 4) is 11.1 Å². The van der Waals surface area contributed by atoms with E-state index >= 15 is 0 Å². The van der Waals surface area contributed by atoms with Gasteiger partial charge in [0, 0.05) is 18.4 Å². The molecule has 4 aromatic rings. The highest BCUT2D eigenvalue weighted by Crippen LogP contribution is 2.45. The van der Waals surface area contributed by atoms with Crippen LogP contribution >= 0.6 is 0 Å². The van der Waals surface area contributed by atoms with Crippen molar-refractivity contribution < 1.29 is 28.7 Å². The van der Waals surface area contributed by atoms with Crippen LogP contribution in [-0.2, 0) is 30.3 Å². The maximum Gasteiger partial charge on any atom is 0.407 e. The fraction of sp³-hybridized carbons (Fsp3) is 0.317. The molecule has 9 heteroatoms. The standard InChI is InChI=1S/C41H43N3O6/c1-26(2)22-34(37-38(28-16-8-5-9-17-28)44(40(37)47)24-36(45)49-3)42-39(46)35(23-27-14-6-4-7-15-27)43-41(48)50-25-33-31-20-12-10-18-29(31)30-19-11-13-21-32(30)33/h4-21,26,33-35,37-38H,22-25H2,1-3H3,(H,42,46)(H,43,48)/t34-,35-,37+,38+/m0/s1. The highest BCUT2D eigenvalue weighted by molar-refractivity contribution is 5.92. The lowest BCUT2D eigenvalue weighted by atomic mass is 9.75. The number of fused-ring (bicyclic) bond motifs is 3. The number of carbonyl (C=O) groups is 4. The second-order valence-electron chi connectivity index (χ2n) is 13.4. The molecule has 0 radical (unpaired) electrons. The molecule has 0 aromatic heterocycles. The largest absolute Gasteiger partial charge is 0.468 e. The molecule has 50 heavy (non-hydrogen) atoms. The monoisotopic (exact) mass is 673 g/mol. The summed E-state index contributed by atoms with van der Waals surface area (Å²) in [5.74, 6) is -1.77. The molecule has 258 valence electrons. The Balaban J connectivity index is 1.21. The van der Waals surface area contributed by atoms with E-state index in [9.17, 15) is 19.2 Å². The Labute approximate surface area is 293 Å². The van der Waals surface area contributed by atoms with Gasteiger partial charge in [0.05, 0.1) is 19.1 Å². The minimum absolute atomic E-state index is 0.112. The summed E-state index contributed by atoms with van der Waals surface area (Å²) >= 11 is 0. The zero-order valence-corrected chi connectivity index (χ0v) is 28.6. The fourth-order valence-corrected chi connectivity index (χ4v) is 7.31. The van der Waals surface area contributed by atoms with Crippen LogP contribution in [0.3, 0.4) is 0 Å². The Hall–Kier alpha value is -5.44. The second kappa shape index (κ2) is 15.4. The SMILES string of the molecule is COC(=O)CN1C(=O)[C@H]([C@H](CC(C)C)NC(=O)[C@H](Cc2ccccc2)NC(=O)OCC2c3ccccc3-c3ccccc32)[C@H]1c1ccccc1. The Morgan fingerprint density at radius 1 is 0.780 bits per heavy atom. The maximum atomic E-state index is 14.2. The van der Waals surface area contributed by atoms with E-state index in [1.807, 2.05) is 98.8 Å². The molecule has 1 heterocycles. The first-order chi connectivity index (χ1) is 24.2. The smallest absolute Gasteiger partial charge is 0.407 e. The van der Waals surface area contributed by atoms with E-state index in [4.69, 9.17) is 9.47 Å². The first-order valence-corrected chi connectivity index (χ1v) is 17.1. The molecule has 1 aliphatic heterocycles. The Bertz CT molecular complexity index is 1780. The minimum atomic E-state index is -0.973. The van der Waals surface area contributed by atoms with Crippen LogP contribution in [-0.4, -0.2) is 61.1 Å². The zero-order valence-electron chi connectivity index (χ0n) is 28.6. The van der Waals surface area contributed by atoms with Crippen molar-refractivity contribution in [1.82, 2.24) is 15.5 Å². The minimum Gasteiger partial charge on any atom is -0.468 e. The molecule has 4 atom stereocenters. The molecule has 4 aromatic carbocycles. The molecule has 9 nitrogen and oxygen atoms in total. The van der Waals surface area contributed by atoms with E-state index in [2.05, 4.69) is 34.9 Å². The summed E-state index contributed by atoms with van der Waals surface area (Å²) in [4.78, 5) is 55.1. The van der Waals surface area contributed by atoms with Crippen LogP contribution in [0.2, 0.25) is 0 Å². The summed E-state index contributed by atoms with van der Waals surface area (Å²) in [6, 6.07) is 33.2. The molecule has 1 aliphatic carbocycles. The molecular weight excluding hydrogens is 630 g/mol. The van der Waals surface area contributed by atoms with Gasteiger partial charge in [0.2, 0.25) is 11.8 Å². The van der Waals surface area contributed by atoms with Crippen molar-refractivity contribution in [3.63, 3.8) is 0 Å². The topological polar surface area (TPSA) is 114 Å². The molecule has 0 bridgehead atoms. The van der Waals surface area contributed by atoms with Crippen LogP contribution in [0, 0.1) is 11.8 Å². The second-order valence-corrected chi connectivity index (χ2v) is 13.4. The molecule has 0 saturated carbocycles. The number of β-lactam (4-membered cyclic amide) rings is 1. The van der Waals surface area contributed by atoms with Crippen molar-refractivity contribution in [2.45, 2.75) is 50.7 Å². The van der Waals surface area contributed by atoms with Crippen molar-refractivity contribution in [3.05, 3.63) is 131 Å². The highest BCUT2D eigenvalue weighted by atomic mass is 16.5. The molecular formula is C41H43N3O6. The number of amides is 3. The number of esters is 1. The normalized spacial score (nSPS) is 17.6. The van der Waals surface area contributed by atoms with Crippen molar-refractivity contribution in [1.29, 1.82) is 0 Å². The van der Waals surface area contributed by atoms with Gasteiger partial charge in [0.25, 0.3) is 0 Å². The highest BCUT2D eigenvalue weighted by Gasteiger charge is 2.53. The Morgan fingerprint density at radius 2 is 1.36 bits per heavy atom. The van der Waals surface area contributed by atoms with Crippen LogP contribution in [0.5, 0.6) is 0 Å². The zero-order chi connectivity index (χ0) is 35.2. The first kappa shape index (κ1) is 34.4. The molecule has 3 amide bonds. The van der Waals surface area contributed by atoms with E-state index in [0.717, 1.165) is 33.4 Å². The fourth-order valence-electron chi connectivity index (χ4n) is 7.31. The van der Waals surface area contributed by atoms with E-state index in [1.54, 1.807) is 0 Å². The summed E-state index contributed by atoms with van der Waals surface area (Å²) in [5.41, 5.74) is 6.16. The van der Waals surface area contributed by atoms with Crippen LogP contribution in [0.25, 0.3) is 11.1 Å². The van der Waals surface area contributed by atoms with Crippen LogP contribution in [0.4, 0.5) is 4.79 Å². The van der Waals surface area contributed by atoms with E-state index in [1.165, 1.54) is 12.0 Å². The van der Waals surface area contributed by atoms with Gasteiger partial charge >= 0.3 is 12.1 Å². The molecule has 2 aliphatic rings. The number of nitrogens with zero attached hydrogens (tertiary/aromatic N) is 1. The summed E-state index contributed by atoms with van der Waals surface area (Å²) < 4.78 is 10.7. The van der Waals surface area contributed by atoms with Crippen LogP contribution in [0.1, 0.15) is 54.5 Å². The Morgan fingerprint density at radius 3 is 1.96 bits per heavy atom. The van der Waals surface area contributed by atoms with Crippen LogP contribution < -0.4 is 10.6 Å². The number of likely N-dealkylation sites (tertiary alicyclic amines) is 1. The number of benzene rings is 4. The van der Waals surface area contributed by atoms with Gasteiger partial charge in [-0.05, 0) is 45.7 Å². The lowest BCUT2D eigenvalue weighted by molar-refractivity contribution is -0.167. The van der Waals surface area contributed by atoms with Gasteiger partial charge in [-0.3, -0.25) is 14.4 Å². The van der Waals surface area contributed by atoms with Gasteiger partial charge in [-0.15, -0.1) is 0 Å². The number of ether oxygens (including phenoxy) is 2. The number of rotatable bonds is 13. The third-order valence-corrected chi connectivity index (χ3v) is 9.63. The number of nitrogens with one attached hydrogen (secondary N) is 2. The van der Waals surface area contributed by atoms with Gasteiger partial charge < -0.3 is 25.0 Å². The molecule has 2 N–H and O–H groups in total. The van der Waals surface area contributed by atoms with Gasteiger partial charge in [-0.2, -0.15) is 0 Å². The molecule has 1 fully saturated rings. The Kier molecular flexibility index (Phi) is 10.6. The third-order valence-electron chi connectivity index (χ3n) is 9.63. The number of hydrogen-bond acceptors (Lipinski definition) is 6. The summed E-state index contributed by atoms with van der Waals surface area (Å²) in [5, 5.41) is 5.98. The van der Waals surface area contributed by atoms with E-state index < -0.39 is 42.0 Å². The van der Waals surface area contributed by atoms with Crippen molar-refractivity contribution in [2.24, 2.45) is 11.8 Å². The van der Waals surface area contributed by atoms with Crippen molar-refractivity contribution >= 4 is 23.9 Å². The third kappa shape index (κ3) is 7.42. The van der Waals surface area contributed by atoms with Gasteiger partial charge in [0.1, 0.15) is 19.2 Å². The number of alkyl carbamates (subject to hydrolysis) is 1. The first-order valence-electron chi connectivity index (χ1n) is 17.1. The molecule has 6 rings (SSSR count). The average molecular weight is 674 g/mol. The number of hydrogen-bond donors (Lipinski definition) is 2. The number of methoxy groups -OCH3 is 1. The van der Waals surface area contributed by atoms with Crippen molar-refractivity contribution in [2.75, 3.05) is 20.3 Å². The van der Waals surface area contributed by atoms with E-state index in [0.29, 0.717) is 6.42 Å². The average Bonchev–Trinajstić information content (AvgIpc) is 3.45. The van der Waals surface area contributed by atoms with E-state index in [-0.39, 0.29) is 37.3 Å². The predicted molar refractivity (Wildman–Crippen MR) is 190 cm³/mol. The van der Waals surface area contributed by atoms with Gasteiger partial charge in [0.15, 0.2) is 0 Å². The lowest BCUT2D eigenvalue weighted by Gasteiger charge is -2.50. The van der Waals surface area contributed by atoms with Crippen LogP contribution in [0.15, 0.2) is 109 Å². The summed E-state index contributed by atoms with van der Waals surface area (Å²) in [6.45, 7) is 3.99. The maximum absolute atomic E-state index is 14.2. The summed E-state index contributed by atoms with van der Waals surface area (Å²) in [6.07, 6.45) is 0.0376. The van der Waals surface area contributed by atoms with Gasteiger partial charge in [-0.1, -0.05) is 123 Å². The summed E-state index contributed by atoms with van der Waals surface area (Å²) in [7, 11) is 1.29. The number of carbonyl (C=O) groups excluding carboxylic acids is 4. The quantitative estimate of drug-likeness (QED) is 0.132. The lowest BCUT2D eigenvalue weighted by Crippen LogP contribution is -2.64. The molecule has 0 unspecified atom stereocenters. The molecule has 1 saturated heterocycles.